The average molecular weight is 219 g/mol. The molecule has 0 saturated carbocycles. The summed E-state index contributed by atoms with van der Waals surface area (Å²) in [4.78, 5) is 11.3. The number of aliphatic hydroxyl groups excluding tert-OH is 1. The number of hydrogen-bond acceptors (Lipinski definition) is 3. The van der Waals surface area contributed by atoms with Crippen LogP contribution in [0.25, 0.3) is 0 Å². The summed E-state index contributed by atoms with van der Waals surface area (Å²) >= 11 is 0. The van der Waals surface area contributed by atoms with E-state index in [0.29, 0.717) is 0 Å². The van der Waals surface area contributed by atoms with Crippen molar-refractivity contribution < 1.29 is 18.7 Å². The molecule has 0 unspecified atom stereocenters. The summed E-state index contributed by atoms with van der Waals surface area (Å²) in [5.74, 6) is -3.95. The predicted molar refractivity (Wildman–Crippen MR) is 47.6 cm³/mol. The van der Waals surface area contributed by atoms with Gasteiger partial charge in [0.2, 0.25) is 0 Å². The average Bonchev–Trinajstić information content (AvgIpc) is 2.61. The second-order valence-corrected chi connectivity index (χ2v) is 3.04. The summed E-state index contributed by atoms with van der Waals surface area (Å²) in [6.07, 6.45) is 1.39. The molecule has 1 aromatic heterocycles. The summed E-state index contributed by atoms with van der Waals surface area (Å²) in [7, 11) is 1.53. The van der Waals surface area contributed by atoms with E-state index in [-0.39, 0.29) is 5.69 Å². The Bertz CT molecular complexity index is 351. The lowest BCUT2D eigenvalue weighted by atomic mass is 10.3. The molecule has 0 aliphatic rings. The van der Waals surface area contributed by atoms with Crippen LogP contribution >= 0.6 is 0 Å². The number of halogens is 2. The van der Waals surface area contributed by atoms with Crippen molar-refractivity contribution in [1.82, 2.24) is 15.1 Å². The van der Waals surface area contributed by atoms with Crippen LogP contribution in [-0.2, 0) is 7.05 Å². The number of aliphatic hydroxyl groups is 1. The first-order valence-electron chi connectivity index (χ1n) is 4.21. The molecule has 0 fully saturated rings. The fourth-order valence-electron chi connectivity index (χ4n) is 0.953. The number of alkyl halides is 2. The number of nitrogens with zero attached hydrogens (tertiary/aromatic N) is 2. The van der Waals surface area contributed by atoms with Crippen LogP contribution in [0.2, 0.25) is 0 Å². The van der Waals surface area contributed by atoms with Gasteiger partial charge < -0.3 is 10.4 Å². The number of carbonyl (C=O) groups excluding carboxylic acids is 1. The van der Waals surface area contributed by atoms with Gasteiger partial charge in [-0.2, -0.15) is 5.10 Å². The monoisotopic (exact) mass is 219 g/mol. The molecule has 0 aliphatic heterocycles. The maximum atomic E-state index is 12.6. The molecule has 1 rings (SSSR count). The third-order valence-corrected chi connectivity index (χ3v) is 1.79. The topological polar surface area (TPSA) is 67.2 Å². The van der Waals surface area contributed by atoms with Gasteiger partial charge in [0.15, 0.2) is 0 Å². The number of rotatable bonds is 4. The summed E-state index contributed by atoms with van der Waals surface area (Å²) < 4.78 is 26.4. The number of aryl methyl sites for hydroxylation is 1. The first kappa shape index (κ1) is 11.6. The molecule has 1 amide bonds. The van der Waals surface area contributed by atoms with E-state index in [1.165, 1.54) is 24.0 Å². The molecular formula is C8H11F2N3O2. The molecule has 1 aromatic rings. The summed E-state index contributed by atoms with van der Waals surface area (Å²) in [5, 5.41) is 14.0. The van der Waals surface area contributed by atoms with Crippen molar-refractivity contribution in [3.8, 4) is 0 Å². The first-order chi connectivity index (χ1) is 6.96. The molecule has 0 saturated heterocycles. The lowest BCUT2D eigenvalue weighted by molar-refractivity contribution is -0.0462. The molecule has 0 aromatic carbocycles. The fourth-order valence-corrected chi connectivity index (χ4v) is 0.953. The molecule has 0 spiro atoms. The Morgan fingerprint density at radius 1 is 1.73 bits per heavy atom. The van der Waals surface area contributed by atoms with Crippen molar-refractivity contribution in [2.75, 3.05) is 13.2 Å². The Labute approximate surface area is 84.7 Å². The Morgan fingerprint density at radius 2 is 2.40 bits per heavy atom. The van der Waals surface area contributed by atoms with Gasteiger partial charge in [0, 0.05) is 13.2 Å². The lowest BCUT2D eigenvalue weighted by Gasteiger charge is -2.13. The number of nitrogens with one attached hydrogen (secondary N) is 1. The Balaban J connectivity index is 2.55. The number of carbonyl (C=O) groups is 1. The minimum Gasteiger partial charge on any atom is -0.390 e. The highest BCUT2D eigenvalue weighted by Gasteiger charge is 2.28. The van der Waals surface area contributed by atoms with Gasteiger partial charge in [-0.15, -0.1) is 0 Å². The molecule has 0 atom stereocenters. The lowest BCUT2D eigenvalue weighted by Crippen LogP contribution is -2.39. The van der Waals surface area contributed by atoms with Crippen molar-refractivity contribution in [1.29, 1.82) is 0 Å². The minimum absolute atomic E-state index is 0.184. The molecule has 2 N–H and O–H groups in total. The zero-order chi connectivity index (χ0) is 11.5. The van der Waals surface area contributed by atoms with E-state index in [1.54, 1.807) is 0 Å². The summed E-state index contributed by atoms with van der Waals surface area (Å²) in [6, 6.07) is 1.41. The van der Waals surface area contributed by atoms with E-state index in [1.807, 2.05) is 5.32 Å². The smallest absolute Gasteiger partial charge is 0.287 e. The maximum absolute atomic E-state index is 12.6. The molecule has 0 bridgehead atoms. The standard InChI is InChI=1S/C8H11F2N3O2/c1-13-6(2-3-12-13)7(15)11-4-8(9,10)5-14/h2-3,14H,4-5H2,1H3,(H,11,15). The highest BCUT2D eigenvalue weighted by Crippen LogP contribution is 2.10. The van der Waals surface area contributed by atoms with Gasteiger partial charge >= 0.3 is 0 Å². The van der Waals surface area contributed by atoms with Crippen molar-refractivity contribution in [3.63, 3.8) is 0 Å². The molecule has 5 nitrogen and oxygen atoms in total. The van der Waals surface area contributed by atoms with Gasteiger partial charge in [-0.3, -0.25) is 9.48 Å². The van der Waals surface area contributed by atoms with Gasteiger partial charge in [-0.25, -0.2) is 8.78 Å². The van der Waals surface area contributed by atoms with Gasteiger partial charge in [0.05, 0.1) is 6.54 Å². The van der Waals surface area contributed by atoms with Crippen LogP contribution in [0.3, 0.4) is 0 Å². The van der Waals surface area contributed by atoms with Gasteiger partial charge in [0.25, 0.3) is 11.8 Å². The van der Waals surface area contributed by atoms with Crippen molar-refractivity contribution in [2.24, 2.45) is 7.05 Å². The Kier molecular flexibility index (Phi) is 3.35. The van der Waals surface area contributed by atoms with Crippen LogP contribution in [0.15, 0.2) is 12.3 Å². The minimum atomic E-state index is -3.30. The Morgan fingerprint density at radius 3 is 2.87 bits per heavy atom. The number of aromatic nitrogens is 2. The van der Waals surface area contributed by atoms with Crippen LogP contribution in [0.5, 0.6) is 0 Å². The number of amides is 1. The van der Waals surface area contributed by atoms with Crippen LogP contribution in [0.1, 0.15) is 10.5 Å². The molecule has 15 heavy (non-hydrogen) atoms. The molecule has 0 aliphatic carbocycles. The van der Waals surface area contributed by atoms with Gasteiger partial charge in [-0.1, -0.05) is 0 Å². The SMILES string of the molecule is Cn1nccc1C(=O)NCC(F)(F)CO. The largest absolute Gasteiger partial charge is 0.390 e. The third-order valence-electron chi connectivity index (χ3n) is 1.79. The quantitative estimate of drug-likeness (QED) is 0.735. The zero-order valence-corrected chi connectivity index (χ0v) is 8.07. The highest BCUT2D eigenvalue weighted by atomic mass is 19.3. The first-order valence-corrected chi connectivity index (χ1v) is 4.21. The van der Waals surface area contributed by atoms with Crippen LogP contribution in [0.4, 0.5) is 8.78 Å². The summed E-state index contributed by atoms with van der Waals surface area (Å²) in [5.41, 5.74) is 0.184. The van der Waals surface area contributed by atoms with E-state index in [2.05, 4.69) is 5.10 Å². The van der Waals surface area contributed by atoms with E-state index >= 15 is 0 Å². The van der Waals surface area contributed by atoms with Crippen LogP contribution < -0.4 is 5.32 Å². The number of hydrogen-bond donors (Lipinski definition) is 2. The molecule has 1 heterocycles. The van der Waals surface area contributed by atoms with E-state index in [4.69, 9.17) is 5.11 Å². The third kappa shape index (κ3) is 2.98. The predicted octanol–water partition coefficient (Wildman–Crippen LogP) is -0.222. The molecule has 84 valence electrons. The van der Waals surface area contributed by atoms with E-state index in [0.717, 1.165) is 0 Å². The van der Waals surface area contributed by atoms with Crippen molar-refractivity contribution >= 4 is 5.91 Å². The highest BCUT2D eigenvalue weighted by molar-refractivity contribution is 5.92. The molecular weight excluding hydrogens is 208 g/mol. The Hall–Kier alpha value is -1.50. The molecule has 0 radical (unpaired) electrons. The van der Waals surface area contributed by atoms with Crippen molar-refractivity contribution in [3.05, 3.63) is 18.0 Å². The van der Waals surface area contributed by atoms with Gasteiger partial charge in [-0.05, 0) is 6.07 Å². The fraction of sp³-hybridized carbons (Fsp3) is 0.500. The van der Waals surface area contributed by atoms with Crippen molar-refractivity contribution in [2.45, 2.75) is 5.92 Å². The van der Waals surface area contributed by atoms with Crippen LogP contribution in [-0.4, -0.2) is 39.9 Å². The van der Waals surface area contributed by atoms with E-state index < -0.39 is 25.0 Å². The normalized spacial score (nSPS) is 11.5. The van der Waals surface area contributed by atoms with E-state index in [9.17, 15) is 13.6 Å². The van der Waals surface area contributed by atoms with Gasteiger partial charge in [0.1, 0.15) is 12.3 Å². The summed E-state index contributed by atoms with van der Waals surface area (Å²) in [6.45, 7) is -2.19. The maximum Gasteiger partial charge on any atom is 0.287 e. The van der Waals surface area contributed by atoms with Crippen LogP contribution in [0, 0.1) is 0 Å². The molecule has 7 heteroatoms. The second-order valence-electron chi connectivity index (χ2n) is 3.04. The second kappa shape index (κ2) is 4.35. The zero-order valence-electron chi connectivity index (χ0n) is 8.07.